The molecule has 0 amide bonds. The van der Waals surface area contributed by atoms with Crippen molar-refractivity contribution < 1.29 is 14.6 Å². The van der Waals surface area contributed by atoms with Gasteiger partial charge in [0.1, 0.15) is 12.4 Å². The molecule has 0 saturated heterocycles. The van der Waals surface area contributed by atoms with Crippen LogP contribution >= 0.6 is 0 Å². The summed E-state index contributed by atoms with van der Waals surface area (Å²) in [6.07, 6.45) is 1.53. The zero-order valence-electron chi connectivity index (χ0n) is 13.4. The number of allylic oxidation sites excluding steroid dienone is 1. The molecule has 0 radical (unpaired) electrons. The van der Waals surface area contributed by atoms with Crippen LogP contribution in [0.4, 0.5) is 0 Å². The first-order chi connectivity index (χ1) is 11.7. The van der Waals surface area contributed by atoms with Crippen molar-refractivity contribution in [2.45, 2.75) is 26.4 Å². The highest BCUT2D eigenvalue weighted by atomic mass is 16.5. The first-order valence-electron chi connectivity index (χ1n) is 7.87. The number of ether oxygens (including phenoxy) is 1. The number of rotatable bonds is 3. The average Bonchev–Trinajstić information content (AvgIpc) is 2.76. The van der Waals surface area contributed by atoms with Gasteiger partial charge < -0.3 is 9.84 Å². The number of carboxylic acid groups (broad SMARTS) is 1. The van der Waals surface area contributed by atoms with Gasteiger partial charge in [0, 0.05) is 16.7 Å². The van der Waals surface area contributed by atoms with E-state index in [1.165, 1.54) is 0 Å². The number of benzene rings is 2. The second kappa shape index (κ2) is 6.59. The number of fused-ring (bicyclic) bond motifs is 2. The van der Waals surface area contributed by atoms with E-state index in [-0.39, 0.29) is 12.2 Å². The Labute approximate surface area is 140 Å². The zero-order valence-corrected chi connectivity index (χ0v) is 13.4. The summed E-state index contributed by atoms with van der Waals surface area (Å²) in [4.78, 5) is 11.3. The summed E-state index contributed by atoms with van der Waals surface area (Å²) >= 11 is 0. The average molecular weight is 319 g/mol. The predicted octanol–water partition coefficient (Wildman–Crippen LogP) is 4.40. The molecule has 1 aliphatic rings. The van der Waals surface area contributed by atoms with Gasteiger partial charge in [0.05, 0.1) is 11.6 Å². The Morgan fingerprint density at radius 3 is 2.75 bits per heavy atom. The molecule has 0 aromatic heterocycles. The first-order valence-corrected chi connectivity index (χ1v) is 7.87. The lowest BCUT2D eigenvalue weighted by atomic mass is 9.88. The van der Waals surface area contributed by atoms with Gasteiger partial charge in [-0.2, -0.15) is 5.26 Å². The number of nitrogens with zero attached hydrogens (tertiary/aromatic N) is 1. The summed E-state index contributed by atoms with van der Waals surface area (Å²) in [5.74, 6) is -0.261. The molecular weight excluding hydrogens is 302 g/mol. The van der Waals surface area contributed by atoms with Gasteiger partial charge in [-0.05, 0) is 35.7 Å². The van der Waals surface area contributed by atoms with Crippen molar-refractivity contribution in [3.05, 3.63) is 70.3 Å². The summed E-state index contributed by atoms with van der Waals surface area (Å²) in [5.41, 5.74) is 4.29. The minimum atomic E-state index is -0.973. The Bertz CT molecular complexity index is 875. The number of para-hydroxylation sites is 1. The van der Waals surface area contributed by atoms with Crippen LogP contribution in [0.1, 0.15) is 46.8 Å². The molecule has 1 aliphatic heterocycles. The number of carboxylic acids is 1. The van der Waals surface area contributed by atoms with E-state index < -0.39 is 5.97 Å². The van der Waals surface area contributed by atoms with Crippen LogP contribution in [0.3, 0.4) is 0 Å². The highest BCUT2D eigenvalue weighted by Crippen LogP contribution is 2.39. The third kappa shape index (κ3) is 2.77. The number of carbonyl (C=O) groups is 1. The van der Waals surface area contributed by atoms with Crippen LogP contribution in [0.15, 0.2) is 48.0 Å². The third-order valence-corrected chi connectivity index (χ3v) is 4.10. The molecule has 0 spiro atoms. The lowest BCUT2D eigenvalue weighted by Crippen LogP contribution is -2.02. The van der Waals surface area contributed by atoms with E-state index in [1.807, 2.05) is 31.2 Å². The molecule has 2 aromatic carbocycles. The van der Waals surface area contributed by atoms with Gasteiger partial charge in [-0.1, -0.05) is 37.6 Å². The molecule has 1 N–H and O–H groups in total. The van der Waals surface area contributed by atoms with Crippen LogP contribution in [0.5, 0.6) is 5.75 Å². The number of hydrogen-bond acceptors (Lipinski definition) is 3. The molecule has 0 aliphatic carbocycles. The molecule has 0 saturated carbocycles. The fourth-order valence-corrected chi connectivity index (χ4v) is 3.00. The molecule has 120 valence electrons. The minimum absolute atomic E-state index is 0.219. The smallest absolute Gasteiger partial charge is 0.335 e. The summed E-state index contributed by atoms with van der Waals surface area (Å²) in [6.45, 7) is 2.31. The van der Waals surface area contributed by atoms with Gasteiger partial charge in [0.15, 0.2) is 0 Å². The maximum absolute atomic E-state index is 11.3. The van der Waals surface area contributed by atoms with E-state index in [0.29, 0.717) is 17.7 Å². The van der Waals surface area contributed by atoms with Crippen molar-refractivity contribution in [3.8, 4) is 11.8 Å². The van der Waals surface area contributed by atoms with Crippen LogP contribution in [-0.2, 0) is 6.61 Å². The molecule has 4 heteroatoms. The van der Waals surface area contributed by atoms with Crippen LogP contribution in [0, 0.1) is 11.3 Å². The van der Waals surface area contributed by atoms with E-state index in [1.54, 1.807) is 18.2 Å². The summed E-state index contributed by atoms with van der Waals surface area (Å²) in [7, 11) is 0. The maximum Gasteiger partial charge on any atom is 0.335 e. The molecular formula is C20H17NO3. The van der Waals surface area contributed by atoms with Gasteiger partial charge >= 0.3 is 5.97 Å². The van der Waals surface area contributed by atoms with Crippen LogP contribution in [-0.4, -0.2) is 11.1 Å². The predicted molar refractivity (Wildman–Crippen MR) is 90.7 cm³/mol. The minimum Gasteiger partial charge on any atom is -0.488 e. The first kappa shape index (κ1) is 15.8. The van der Waals surface area contributed by atoms with Crippen molar-refractivity contribution >= 4 is 11.5 Å². The van der Waals surface area contributed by atoms with Crippen LogP contribution in [0.2, 0.25) is 0 Å². The number of hydrogen-bond donors (Lipinski definition) is 1. The lowest BCUT2D eigenvalue weighted by molar-refractivity contribution is 0.0696. The number of aromatic carboxylic acids is 1. The van der Waals surface area contributed by atoms with E-state index in [4.69, 9.17) is 4.74 Å². The third-order valence-electron chi connectivity index (χ3n) is 4.10. The quantitative estimate of drug-likeness (QED) is 0.851. The van der Waals surface area contributed by atoms with Gasteiger partial charge in [0.25, 0.3) is 0 Å². The monoisotopic (exact) mass is 319 g/mol. The Balaban J connectivity index is 2.30. The van der Waals surface area contributed by atoms with Crippen molar-refractivity contribution in [1.82, 2.24) is 0 Å². The molecule has 2 aromatic rings. The van der Waals surface area contributed by atoms with Crippen molar-refractivity contribution in [2.75, 3.05) is 0 Å². The Morgan fingerprint density at radius 1 is 1.25 bits per heavy atom. The number of nitriles is 1. The molecule has 3 rings (SSSR count). The van der Waals surface area contributed by atoms with Gasteiger partial charge in [-0.3, -0.25) is 0 Å². The fourth-order valence-electron chi connectivity index (χ4n) is 3.00. The summed E-state index contributed by atoms with van der Waals surface area (Å²) in [5, 5.41) is 18.9. The van der Waals surface area contributed by atoms with Gasteiger partial charge in [0.2, 0.25) is 0 Å². The second-order valence-electron chi connectivity index (χ2n) is 5.68. The summed E-state index contributed by atoms with van der Waals surface area (Å²) in [6, 6.07) is 14.9. The standard InChI is InChI=1S/C20H17NO3/c1-2-5-14(11-21)19-16-9-8-13(20(22)23)10-15(16)12-24-18-7-4-3-6-17(18)19/h3-4,6-10H,2,5,12H2,1H3,(H,22,23)/b19-14+. The molecule has 24 heavy (non-hydrogen) atoms. The SMILES string of the molecule is CCC/C(C#N)=C1/c2ccc(C(=O)O)cc2COc2ccccc21. The van der Waals surface area contributed by atoms with E-state index >= 15 is 0 Å². The molecule has 1 heterocycles. The maximum atomic E-state index is 11.3. The molecule has 0 atom stereocenters. The normalized spacial score (nSPS) is 14.5. The lowest BCUT2D eigenvalue weighted by Gasteiger charge is -2.13. The molecule has 0 unspecified atom stereocenters. The fraction of sp³-hybridized carbons (Fsp3) is 0.200. The Morgan fingerprint density at radius 2 is 2.04 bits per heavy atom. The van der Waals surface area contributed by atoms with Crippen molar-refractivity contribution in [2.24, 2.45) is 0 Å². The van der Waals surface area contributed by atoms with Crippen LogP contribution < -0.4 is 4.74 Å². The Hall–Kier alpha value is -3.06. The van der Waals surface area contributed by atoms with Crippen molar-refractivity contribution in [3.63, 3.8) is 0 Å². The molecule has 0 fully saturated rings. The topological polar surface area (TPSA) is 70.3 Å². The second-order valence-corrected chi connectivity index (χ2v) is 5.68. The summed E-state index contributed by atoms with van der Waals surface area (Å²) < 4.78 is 5.88. The van der Waals surface area contributed by atoms with E-state index in [2.05, 4.69) is 6.07 Å². The largest absolute Gasteiger partial charge is 0.488 e. The van der Waals surface area contributed by atoms with E-state index in [0.717, 1.165) is 28.7 Å². The highest BCUT2D eigenvalue weighted by Gasteiger charge is 2.23. The zero-order chi connectivity index (χ0) is 17.1. The highest BCUT2D eigenvalue weighted by molar-refractivity contribution is 5.92. The molecule has 4 nitrogen and oxygen atoms in total. The Kier molecular flexibility index (Phi) is 4.35. The molecule has 0 bridgehead atoms. The van der Waals surface area contributed by atoms with Crippen molar-refractivity contribution in [1.29, 1.82) is 5.26 Å². The van der Waals surface area contributed by atoms with Gasteiger partial charge in [-0.25, -0.2) is 4.79 Å². The van der Waals surface area contributed by atoms with E-state index in [9.17, 15) is 15.2 Å². The van der Waals surface area contributed by atoms with Crippen LogP contribution in [0.25, 0.3) is 5.57 Å². The van der Waals surface area contributed by atoms with Gasteiger partial charge in [-0.15, -0.1) is 0 Å².